The Hall–Kier alpha value is -0.773. The molecule has 0 aromatic carbocycles. The second-order valence-corrected chi connectivity index (χ2v) is 13.8. The Labute approximate surface area is 126 Å². The van der Waals surface area contributed by atoms with Gasteiger partial charge in [-0.1, -0.05) is 25.7 Å². The summed E-state index contributed by atoms with van der Waals surface area (Å²) in [7, 11) is -1.56. The fourth-order valence-electron chi connectivity index (χ4n) is 2.18. The summed E-state index contributed by atoms with van der Waals surface area (Å²) in [5.41, 5.74) is -0.551. The van der Waals surface area contributed by atoms with Crippen LogP contribution in [0.5, 0.6) is 0 Å². The van der Waals surface area contributed by atoms with Crippen LogP contribution in [-0.2, 0) is 4.74 Å². The third-order valence-electron chi connectivity index (χ3n) is 3.01. The Balaban J connectivity index is 5.54. The van der Waals surface area contributed by atoms with Crippen LogP contribution in [0.4, 0.5) is 4.79 Å². The van der Waals surface area contributed by atoms with Gasteiger partial charge in [-0.15, -0.1) is 6.58 Å². The van der Waals surface area contributed by atoms with Gasteiger partial charge in [-0.05, 0) is 48.0 Å². The summed E-state index contributed by atoms with van der Waals surface area (Å²) >= 11 is 0. The zero-order chi connectivity index (χ0) is 16.4. The number of rotatable bonds is 4. The molecule has 0 rings (SSSR count). The molecule has 3 nitrogen and oxygen atoms in total. The molecule has 0 aliphatic heterocycles. The molecule has 118 valence electrons. The molecule has 0 spiro atoms. The van der Waals surface area contributed by atoms with Gasteiger partial charge in [-0.3, -0.25) is 0 Å². The van der Waals surface area contributed by atoms with E-state index in [1.165, 1.54) is 0 Å². The standard InChI is InChI=1S/C16H33NO2Si/c1-11-12-13(20(8,9)10)17(15(2,3)4)14(18)19-16(5,6)7/h11,13H,1,12H2,2-10H3. The van der Waals surface area contributed by atoms with Crippen LogP contribution in [-0.4, -0.2) is 35.9 Å². The number of nitrogens with zero attached hydrogens (tertiary/aromatic N) is 1. The molecule has 0 bridgehead atoms. The number of hydrogen-bond donors (Lipinski definition) is 0. The largest absolute Gasteiger partial charge is 0.444 e. The lowest BCUT2D eigenvalue weighted by atomic mass is 10.1. The van der Waals surface area contributed by atoms with Gasteiger partial charge >= 0.3 is 6.09 Å². The van der Waals surface area contributed by atoms with E-state index < -0.39 is 13.7 Å². The van der Waals surface area contributed by atoms with Crippen molar-refractivity contribution in [1.29, 1.82) is 0 Å². The maximum absolute atomic E-state index is 12.7. The van der Waals surface area contributed by atoms with Crippen LogP contribution in [0.25, 0.3) is 0 Å². The first-order valence-corrected chi connectivity index (χ1v) is 10.9. The molecule has 0 N–H and O–H groups in total. The first-order chi connectivity index (χ1) is 8.70. The molecule has 0 fully saturated rings. The molecule has 0 aliphatic carbocycles. The van der Waals surface area contributed by atoms with E-state index in [4.69, 9.17) is 4.74 Å². The molecule has 0 radical (unpaired) electrons. The van der Waals surface area contributed by atoms with Gasteiger partial charge in [-0.2, -0.15) is 0 Å². The van der Waals surface area contributed by atoms with Gasteiger partial charge in [-0.25, -0.2) is 4.79 Å². The van der Waals surface area contributed by atoms with Crippen molar-refractivity contribution in [1.82, 2.24) is 4.90 Å². The third kappa shape index (κ3) is 6.12. The highest BCUT2D eigenvalue weighted by Crippen LogP contribution is 2.28. The zero-order valence-electron chi connectivity index (χ0n) is 14.8. The lowest BCUT2D eigenvalue weighted by Gasteiger charge is -2.46. The lowest BCUT2D eigenvalue weighted by molar-refractivity contribution is 0.00109. The predicted octanol–water partition coefficient (Wildman–Crippen LogP) is 4.84. The van der Waals surface area contributed by atoms with Crippen LogP contribution in [0.1, 0.15) is 48.0 Å². The lowest BCUT2D eigenvalue weighted by Crippen LogP contribution is -2.60. The van der Waals surface area contributed by atoms with Gasteiger partial charge in [0.2, 0.25) is 0 Å². The van der Waals surface area contributed by atoms with Crippen molar-refractivity contribution in [2.24, 2.45) is 0 Å². The number of hydrogen-bond acceptors (Lipinski definition) is 2. The average molecular weight is 300 g/mol. The first-order valence-electron chi connectivity index (χ1n) is 7.33. The van der Waals surface area contributed by atoms with Gasteiger partial charge in [0.05, 0.1) is 8.07 Å². The molecule has 1 amide bonds. The highest BCUT2D eigenvalue weighted by atomic mass is 28.3. The van der Waals surface area contributed by atoms with Crippen molar-refractivity contribution in [2.45, 2.75) is 84.4 Å². The Morgan fingerprint density at radius 1 is 1.20 bits per heavy atom. The van der Waals surface area contributed by atoms with E-state index in [0.717, 1.165) is 6.42 Å². The summed E-state index contributed by atoms with van der Waals surface area (Å²) in [5, 5.41) is 0. The van der Waals surface area contributed by atoms with E-state index in [9.17, 15) is 4.79 Å². The Morgan fingerprint density at radius 3 is 1.90 bits per heavy atom. The van der Waals surface area contributed by atoms with Crippen molar-refractivity contribution in [2.75, 3.05) is 0 Å². The number of carbonyl (C=O) groups is 1. The van der Waals surface area contributed by atoms with Crippen LogP contribution in [0.3, 0.4) is 0 Å². The smallest absolute Gasteiger partial charge is 0.410 e. The summed E-state index contributed by atoms with van der Waals surface area (Å²) in [4.78, 5) is 14.6. The van der Waals surface area contributed by atoms with Crippen molar-refractivity contribution in [3.05, 3.63) is 12.7 Å². The minimum Gasteiger partial charge on any atom is -0.444 e. The predicted molar refractivity (Wildman–Crippen MR) is 89.8 cm³/mol. The third-order valence-corrected chi connectivity index (χ3v) is 5.51. The number of amides is 1. The summed E-state index contributed by atoms with van der Waals surface area (Å²) in [6.07, 6.45) is 2.50. The maximum atomic E-state index is 12.7. The highest BCUT2D eigenvalue weighted by Gasteiger charge is 2.41. The summed E-state index contributed by atoms with van der Waals surface area (Å²) < 4.78 is 5.62. The second-order valence-electron chi connectivity index (χ2n) is 8.43. The number of carbonyl (C=O) groups excluding carboxylic acids is 1. The quantitative estimate of drug-likeness (QED) is 0.549. The van der Waals surface area contributed by atoms with E-state index in [0.29, 0.717) is 0 Å². The van der Waals surface area contributed by atoms with Crippen molar-refractivity contribution in [3.63, 3.8) is 0 Å². The average Bonchev–Trinajstić information content (AvgIpc) is 2.09. The van der Waals surface area contributed by atoms with Crippen molar-refractivity contribution in [3.8, 4) is 0 Å². The minimum absolute atomic E-state index is 0.190. The fraction of sp³-hybridized carbons (Fsp3) is 0.812. The molecular weight excluding hydrogens is 266 g/mol. The summed E-state index contributed by atoms with van der Waals surface area (Å²) in [5.74, 6) is 0. The molecule has 20 heavy (non-hydrogen) atoms. The van der Waals surface area contributed by atoms with Gasteiger partial charge in [0.25, 0.3) is 0 Å². The Bertz CT molecular complexity index is 345. The van der Waals surface area contributed by atoms with E-state index >= 15 is 0 Å². The van der Waals surface area contributed by atoms with Gasteiger partial charge < -0.3 is 9.64 Å². The van der Waals surface area contributed by atoms with Crippen LogP contribution in [0, 0.1) is 0 Å². The fourth-order valence-corrected chi connectivity index (χ4v) is 4.32. The first kappa shape index (κ1) is 19.2. The van der Waals surface area contributed by atoms with Crippen LogP contribution >= 0.6 is 0 Å². The molecule has 1 atom stereocenters. The Morgan fingerprint density at radius 2 is 1.65 bits per heavy atom. The van der Waals surface area contributed by atoms with E-state index in [1.54, 1.807) is 0 Å². The molecule has 0 saturated carbocycles. The maximum Gasteiger partial charge on any atom is 0.410 e. The summed E-state index contributed by atoms with van der Waals surface area (Å²) in [6, 6.07) is 0. The van der Waals surface area contributed by atoms with Crippen molar-refractivity contribution >= 4 is 14.2 Å². The minimum atomic E-state index is -1.56. The van der Waals surface area contributed by atoms with Crippen molar-refractivity contribution < 1.29 is 9.53 Å². The van der Waals surface area contributed by atoms with Crippen LogP contribution < -0.4 is 0 Å². The Kier molecular flexibility index (Phi) is 6.09. The van der Waals surface area contributed by atoms with Gasteiger partial charge in [0.1, 0.15) is 5.60 Å². The molecule has 1 unspecified atom stereocenters. The zero-order valence-corrected chi connectivity index (χ0v) is 15.8. The van der Waals surface area contributed by atoms with E-state index in [1.807, 2.05) is 31.7 Å². The van der Waals surface area contributed by atoms with E-state index in [2.05, 4.69) is 47.0 Å². The topological polar surface area (TPSA) is 29.5 Å². The highest BCUT2D eigenvalue weighted by molar-refractivity contribution is 6.77. The molecule has 4 heteroatoms. The molecule has 0 saturated heterocycles. The normalized spacial score (nSPS) is 14.7. The molecule has 0 aliphatic rings. The van der Waals surface area contributed by atoms with Gasteiger partial charge in [0, 0.05) is 11.2 Å². The monoisotopic (exact) mass is 299 g/mol. The second kappa shape index (κ2) is 6.33. The molecule has 0 aromatic rings. The number of ether oxygens (including phenoxy) is 1. The molecule has 0 aromatic heterocycles. The van der Waals surface area contributed by atoms with E-state index in [-0.39, 0.29) is 17.3 Å². The SMILES string of the molecule is C=CCC(N(C(=O)OC(C)(C)C)C(C)(C)C)[Si](C)(C)C. The van der Waals surface area contributed by atoms with Crippen LogP contribution in [0.2, 0.25) is 19.6 Å². The van der Waals surface area contributed by atoms with Crippen LogP contribution in [0.15, 0.2) is 12.7 Å². The molecule has 0 heterocycles. The summed E-state index contributed by atoms with van der Waals surface area (Å²) in [6.45, 7) is 22.6. The van der Waals surface area contributed by atoms with Gasteiger partial charge in [0.15, 0.2) is 0 Å². The molecular formula is C16H33NO2Si.